The minimum absolute atomic E-state index is 0.0115. The summed E-state index contributed by atoms with van der Waals surface area (Å²) < 4.78 is 17.8. The summed E-state index contributed by atoms with van der Waals surface area (Å²) in [6.07, 6.45) is 0. The van der Waals surface area contributed by atoms with Crippen LogP contribution in [0.5, 0.6) is 0 Å². The Hall–Kier alpha value is -1.46. The molecule has 94 valence electrons. The zero-order valence-corrected chi connectivity index (χ0v) is 9.86. The van der Waals surface area contributed by atoms with Gasteiger partial charge in [-0.3, -0.25) is 4.79 Å². The lowest BCUT2D eigenvalue weighted by molar-refractivity contribution is -0.122. The summed E-state index contributed by atoms with van der Waals surface area (Å²) in [5.74, 6) is -0.482. The van der Waals surface area contributed by atoms with Crippen molar-refractivity contribution in [1.82, 2.24) is 0 Å². The molecule has 0 unspecified atom stereocenters. The van der Waals surface area contributed by atoms with E-state index in [-0.39, 0.29) is 18.3 Å². The molecule has 1 rings (SSSR count). The first kappa shape index (κ1) is 13.6. The van der Waals surface area contributed by atoms with Crippen LogP contribution >= 0.6 is 0 Å². The van der Waals surface area contributed by atoms with Crippen LogP contribution in [0.4, 0.5) is 10.1 Å². The van der Waals surface area contributed by atoms with Gasteiger partial charge in [-0.1, -0.05) is 0 Å². The topological polar surface area (TPSA) is 55.6 Å². The average Bonchev–Trinajstić information content (AvgIpc) is 2.33. The van der Waals surface area contributed by atoms with Crippen molar-refractivity contribution in [3.05, 3.63) is 30.1 Å². The third-order valence-corrected chi connectivity index (χ3v) is 2.24. The summed E-state index contributed by atoms with van der Waals surface area (Å²) >= 11 is 0. The number of likely N-dealkylation sites (N-methyl/N-ethyl adjacent to an activating group) is 1. The van der Waals surface area contributed by atoms with Crippen molar-refractivity contribution in [3.63, 3.8) is 0 Å². The standard InChI is InChI=1S/C12H17FN2O2/c1-2-15(12(16)9-17-8-7-14)11-5-3-10(13)4-6-11/h3-6H,2,7-9,14H2,1H3. The fraction of sp³-hybridized carbons (Fsp3) is 0.417. The van der Waals surface area contributed by atoms with Crippen LogP contribution < -0.4 is 10.6 Å². The van der Waals surface area contributed by atoms with Gasteiger partial charge in [0.1, 0.15) is 12.4 Å². The van der Waals surface area contributed by atoms with E-state index < -0.39 is 0 Å². The lowest BCUT2D eigenvalue weighted by Crippen LogP contribution is -2.34. The smallest absolute Gasteiger partial charge is 0.252 e. The normalized spacial score (nSPS) is 10.3. The van der Waals surface area contributed by atoms with Crippen LogP contribution in [0.25, 0.3) is 0 Å². The highest BCUT2D eigenvalue weighted by Crippen LogP contribution is 2.14. The molecule has 0 aliphatic carbocycles. The van der Waals surface area contributed by atoms with Crippen LogP contribution in [0.1, 0.15) is 6.92 Å². The third kappa shape index (κ3) is 4.13. The van der Waals surface area contributed by atoms with Crippen LogP contribution in [-0.4, -0.2) is 32.2 Å². The Kier molecular flexibility index (Phi) is 5.59. The van der Waals surface area contributed by atoms with Gasteiger partial charge in [-0.2, -0.15) is 0 Å². The molecule has 2 N–H and O–H groups in total. The number of rotatable bonds is 6. The second kappa shape index (κ2) is 6.98. The molecule has 0 aliphatic heterocycles. The van der Waals surface area contributed by atoms with Crippen molar-refractivity contribution in [2.45, 2.75) is 6.92 Å². The summed E-state index contributed by atoms with van der Waals surface area (Å²) in [5.41, 5.74) is 5.92. The third-order valence-electron chi connectivity index (χ3n) is 2.24. The molecule has 0 heterocycles. The summed E-state index contributed by atoms with van der Waals surface area (Å²) in [4.78, 5) is 13.3. The second-order valence-corrected chi connectivity index (χ2v) is 3.46. The Labute approximate surface area is 100 Å². The molecule has 0 saturated heterocycles. The number of carbonyl (C=O) groups is 1. The maximum absolute atomic E-state index is 12.8. The second-order valence-electron chi connectivity index (χ2n) is 3.46. The van der Waals surface area contributed by atoms with Gasteiger partial charge in [-0.15, -0.1) is 0 Å². The number of anilines is 1. The fourth-order valence-corrected chi connectivity index (χ4v) is 1.44. The van der Waals surface area contributed by atoms with Gasteiger partial charge in [-0.25, -0.2) is 4.39 Å². The number of nitrogens with zero attached hydrogens (tertiary/aromatic N) is 1. The highest BCUT2D eigenvalue weighted by atomic mass is 19.1. The van der Waals surface area contributed by atoms with E-state index in [1.807, 2.05) is 6.92 Å². The molecule has 4 nitrogen and oxygen atoms in total. The maximum Gasteiger partial charge on any atom is 0.252 e. The van der Waals surface area contributed by atoms with E-state index in [1.54, 1.807) is 12.1 Å². The van der Waals surface area contributed by atoms with Gasteiger partial charge in [0, 0.05) is 18.8 Å². The summed E-state index contributed by atoms with van der Waals surface area (Å²) in [5, 5.41) is 0. The maximum atomic E-state index is 12.8. The molecule has 0 saturated carbocycles. The molecule has 0 aromatic heterocycles. The fourth-order valence-electron chi connectivity index (χ4n) is 1.44. The van der Waals surface area contributed by atoms with Crippen LogP contribution in [0.2, 0.25) is 0 Å². The molecule has 0 fully saturated rings. The Morgan fingerprint density at radius 1 is 1.41 bits per heavy atom. The molecule has 0 radical (unpaired) electrons. The lowest BCUT2D eigenvalue weighted by Gasteiger charge is -2.20. The molecule has 0 aliphatic rings. The van der Waals surface area contributed by atoms with E-state index >= 15 is 0 Å². The number of hydrogen-bond acceptors (Lipinski definition) is 3. The summed E-state index contributed by atoms with van der Waals surface area (Å²) in [6.45, 7) is 3.09. The van der Waals surface area contributed by atoms with E-state index in [2.05, 4.69) is 0 Å². The van der Waals surface area contributed by atoms with E-state index in [0.29, 0.717) is 25.4 Å². The Balaban J connectivity index is 2.64. The Bertz CT molecular complexity index is 354. The molecular formula is C12H17FN2O2. The minimum Gasteiger partial charge on any atom is -0.370 e. The molecule has 1 aromatic carbocycles. The Morgan fingerprint density at radius 3 is 2.59 bits per heavy atom. The summed E-state index contributed by atoms with van der Waals surface area (Å²) in [6, 6.07) is 5.79. The summed E-state index contributed by atoms with van der Waals surface area (Å²) in [7, 11) is 0. The van der Waals surface area contributed by atoms with Crippen molar-refractivity contribution >= 4 is 11.6 Å². The first-order valence-electron chi connectivity index (χ1n) is 5.52. The number of benzene rings is 1. The monoisotopic (exact) mass is 240 g/mol. The highest BCUT2D eigenvalue weighted by molar-refractivity contribution is 5.94. The lowest BCUT2D eigenvalue weighted by atomic mass is 10.2. The molecule has 1 amide bonds. The van der Waals surface area contributed by atoms with Gasteiger partial charge >= 0.3 is 0 Å². The molecule has 1 aromatic rings. The van der Waals surface area contributed by atoms with Gasteiger partial charge in [0.15, 0.2) is 0 Å². The van der Waals surface area contributed by atoms with Gasteiger partial charge < -0.3 is 15.4 Å². The molecular weight excluding hydrogens is 223 g/mol. The van der Waals surface area contributed by atoms with E-state index in [0.717, 1.165) is 0 Å². The molecule has 0 atom stereocenters. The largest absolute Gasteiger partial charge is 0.370 e. The first-order valence-corrected chi connectivity index (χ1v) is 5.52. The van der Waals surface area contributed by atoms with Gasteiger partial charge in [0.05, 0.1) is 6.61 Å². The number of hydrogen-bond donors (Lipinski definition) is 1. The van der Waals surface area contributed by atoms with E-state index in [1.165, 1.54) is 17.0 Å². The molecule has 0 bridgehead atoms. The number of nitrogens with two attached hydrogens (primary N) is 1. The quantitative estimate of drug-likeness (QED) is 0.759. The van der Waals surface area contributed by atoms with E-state index in [4.69, 9.17) is 10.5 Å². The van der Waals surface area contributed by atoms with Crippen LogP contribution in [0.15, 0.2) is 24.3 Å². The van der Waals surface area contributed by atoms with Crippen molar-refractivity contribution < 1.29 is 13.9 Å². The minimum atomic E-state index is -0.323. The van der Waals surface area contributed by atoms with Crippen LogP contribution in [0, 0.1) is 5.82 Å². The van der Waals surface area contributed by atoms with Crippen LogP contribution in [-0.2, 0) is 9.53 Å². The van der Waals surface area contributed by atoms with E-state index in [9.17, 15) is 9.18 Å². The van der Waals surface area contributed by atoms with Crippen molar-refractivity contribution in [2.24, 2.45) is 5.73 Å². The van der Waals surface area contributed by atoms with Gasteiger partial charge in [0.2, 0.25) is 0 Å². The van der Waals surface area contributed by atoms with Crippen LogP contribution in [0.3, 0.4) is 0 Å². The van der Waals surface area contributed by atoms with Gasteiger partial charge in [-0.05, 0) is 31.2 Å². The van der Waals surface area contributed by atoms with Gasteiger partial charge in [0.25, 0.3) is 5.91 Å². The predicted molar refractivity (Wildman–Crippen MR) is 64.3 cm³/mol. The first-order chi connectivity index (χ1) is 8.19. The van der Waals surface area contributed by atoms with Crippen molar-refractivity contribution in [2.75, 3.05) is 31.2 Å². The molecule has 17 heavy (non-hydrogen) atoms. The Morgan fingerprint density at radius 2 is 2.06 bits per heavy atom. The molecule has 0 spiro atoms. The number of amides is 1. The SMILES string of the molecule is CCN(C(=O)COCCN)c1ccc(F)cc1. The number of halogens is 1. The molecule has 5 heteroatoms. The number of ether oxygens (including phenoxy) is 1. The average molecular weight is 240 g/mol. The predicted octanol–water partition coefficient (Wildman–Crippen LogP) is 1.15. The number of carbonyl (C=O) groups excluding carboxylic acids is 1. The highest BCUT2D eigenvalue weighted by Gasteiger charge is 2.13. The van der Waals surface area contributed by atoms with Crippen molar-refractivity contribution in [3.8, 4) is 0 Å². The zero-order chi connectivity index (χ0) is 12.7. The zero-order valence-electron chi connectivity index (χ0n) is 9.86. The van der Waals surface area contributed by atoms with Crippen molar-refractivity contribution in [1.29, 1.82) is 0 Å².